The molecule has 2 aromatic rings. The van der Waals surface area contributed by atoms with Crippen LogP contribution in [0, 0.1) is 0 Å². The molecule has 1 unspecified atom stereocenters. The van der Waals surface area contributed by atoms with Gasteiger partial charge in [-0.25, -0.2) is 0 Å². The van der Waals surface area contributed by atoms with Crippen molar-refractivity contribution in [2.45, 2.75) is 38.8 Å². The van der Waals surface area contributed by atoms with Crippen molar-refractivity contribution < 1.29 is 13.2 Å². The molecule has 1 atom stereocenters. The Hall–Kier alpha value is -1.77. The summed E-state index contributed by atoms with van der Waals surface area (Å²) in [6.07, 6.45) is -2.15. The van der Waals surface area contributed by atoms with Gasteiger partial charge in [-0.15, -0.1) is 0 Å². The fourth-order valence-corrected chi connectivity index (χ4v) is 2.57. The maximum Gasteiger partial charge on any atom is 0.417 e. The van der Waals surface area contributed by atoms with Crippen LogP contribution in [-0.2, 0) is 6.18 Å². The molecule has 21 heavy (non-hydrogen) atoms. The van der Waals surface area contributed by atoms with E-state index in [-0.39, 0.29) is 5.56 Å². The van der Waals surface area contributed by atoms with Crippen LogP contribution in [0.15, 0.2) is 48.5 Å². The number of benzene rings is 2. The third-order valence-electron chi connectivity index (χ3n) is 3.74. The van der Waals surface area contributed by atoms with Gasteiger partial charge in [-0.3, -0.25) is 0 Å². The average Bonchev–Trinajstić information content (AvgIpc) is 2.47. The minimum Gasteiger partial charge on any atom is -0.166 e. The number of hydrogen-bond acceptors (Lipinski definition) is 0. The molecule has 0 N–H and O–H groups in total. The van der Waals surface area contributed by atoms with Crippen LogP contribution in [0.2, 0.25) is 0 Å². The monoisotopic (exact) mass is 292 g/mol. The second-order valence-electron chi connectivity index (χ2n) is 5.36. The van der Waals surface area contributed by atoms with Crippen LogP contribution in [0.1, 0.15) is 43.7 Å². The summed E-state index contributed by atoms with van der Waals surface area (Å²) in [5.41, 5.74) is 1.43. The first-order chi connectivity index (χ1) is 9.93. The maximum absolute atomic E-state index is 13.0. The lowest BCUT2D eigenvalue weighted by Gasteiger charge is -2.14. The number of hydrogen-bond donors (Lipinski definition) is 0. The summed E-state index contributed by atoms with van der Waals surface area (Å²) >= 11 is 0. The molecule has 0 aromatic heterocycles. The van der Waals surface area contributed by atoms with E-state index >= 15 is 0 Å². The van der Waals surface area contributed by atoms with Gasteiger partial charge < -0.3 is 0 Å². The van der Waals surface area contributed by atoms with Crippen molar-refractivity contribution in [1.29, 1.82) is 0 Å². The Labute approximate surface area is 123 Å². The van der Waals surface area contributed by atoms with Gasteiger partial charge in [0, 0.05) is 0 Å². The highest BCUT2D eigenvalue weighted by Crippen LogP contribution is 2.37. The molecule has 3 heteroatoms. The van der Waals surface area contributed by atoms with E-state index in [1.165, 1.54) is 17.7 Å². The SMILES string of the molecule is CCCC(C)c1ccc(-c2ccccc2C(F)(F)F)cc1. The predicted octanol–water partition coefficient (Wildman–Crippen LogP) is 6.28. The van der Waals surface area contributed by atoms with E-state index in [0.717, 1.165) is 18.9 Å². The number of alkyl halides is 3. The maximum atomic E-state index is 13.0. The molecule has 0 aliphatic rings. The molecule has 0 bridgehead atoms. The van der Waals surface area contributed by atoms with Crippen LogP contribution in [0.3, 0.4) is 0 Å². The molecule has 0 amide bonds. The molecule has 0 radical (unpaired) electrons. The van der Waals surface area contributed by atoms with Crippen LogP contribution < -0.4 is 0 Å². The fourth-order valence-electron chi connectivity index (χ4n) is 2.57. The molecule has 2 rings (SSSR count). The molecule has 0 saturated heterocycles. The summed E-state index contributed by atoms with van der Waals surface area (Å²) in [4.78, 5) is 0. The molecule has 0 aliphatic heterocycles. The van der Waals surface area contributed by atoms with E-state index in [4.69, 9.17) is 0 Å². The molecule has 0 heterocycles. The van der Waals surface area contributed by atoms with E-state index in [1.54, 1.807) is 18.2 Å². The van der Waals surface area contributed by atoms with Crippen molar-refractivity contribution in [3.63, 3.8) is 0 Å². The van der Waals surface area contributed by atoms with Crippen molar-refractivity contribution in [3.8, 4) is 11.1 Å². The minimum absolute atomic E-state index is 0.236. The second kappa shape index (κ2) is 6.33. The summed E-state index contributed by atoms with van der Waals surface area (Å²) < 4.78 is 39.1. The lowest BCUT2D eigenvalue weighted by molar-refractivity contribution is -0.137. The predicted molar refractivity (Wildman–Crippen MR) is 80.2 cm³/mol. The van der Waals surface area contributed by atoms with Crippen molar-refractivity contribution in [2.75, 3.05) is 0 Å². The molecule has 0 fully saturated rings. The molecule has 0 nitrogen and oxygen atoms in total. The number of rotatable bonds is 4. The van der Waals surface area contributed by atoms with Gasteiger partial charge in [0.15, 0.2) is 0 Å². The number of halogens is 3. The zero-order valence-corrected chi connectivity index (χ0v) is 12.2. The van der Waals surface area contributed by atoms with E-state index < -0.39 is 11.7 Å². The van der Waals surface area contributed by atoms with Crippen molar-refractivity contribution in [2.24, 2.45) is 0 Å². The summed E-state index contributed by atoms with van der Waals surface area (Å²) in [5.74, 6) is 0.432. The van der Waals surface area contributed by atoms with Gasteiger partial charge in [0.05, 0.1) is 5.56 Å². The summed E-state index contributed by atoms with van der Waals surface area (Å²) in [6.45, 7) is 4.27. The zero-order valence-electron chi connectivity index (χ0n) is 12.2. The van der Waals surface area contributed by atoms with Crippen molar-refractivity contribution >= 4 is 0 Å². The summed E-state index contributed by atoms with van der Waals surface area (Å²) in [6, 6.07) is 13.1. The Kier molecular flexibility index (Phi) is 4.71. The van der Waals surface area contributed by atoms with E-state index in [9.17, 15) is 13.2 Å². The van der Waals surface area contributed by atoms with Gasteiger partial charge in [0.1, 0.15) is 0 Å². The Morgan fingerprint density at radius 3 is 2.14 bits per heavy atom. The molecule has 0 aliphatic carbocycles. The average molecular weight is 292 g/mol. The molecule has 0 saturated carbocycles. The Bertz CT molecular complexity index is 582. The summed E-state index contributed by atoms with van der Waals surface area (Å²) in [5, 5.41) is 0. The molecule has 0 spiro atoms. The lowest BCUT2D eigenvalue weighted by atomic mass is 9.93. The molecular formula is C18H19F3. The normalized spacial score (nSPS) is 13.2. The fraction of sp³-hybridized carbons (Fsp3) is 0.333. The molecular weight excluding hydrogens is 273 g/mol. The third-order valence-corrected chi connectivity index (χ3v) is 3.74. The van der Waals surface area contributed by atoms with Crippen molar-refractivity contribution in [1.82, 2.24) is 0 Å². The quantitative estimate of drug-likeness (QED) is 0.622. The van der Waals surface area contributed by atoms with Gasteiger partial charge >= 0.3 is 6.18 Å². The van der Waals surface area contributed by atoms with Crippen LogP contribution in [0.25, 0.3) is 11.1 Å². The van der Waals surface area contributed by atoms with Gasteiger partial charge in [0.2, 0.25) is 0 Å². The smallest absolute Gasteiger partial charge is 0.166 e. The highest BCUT2D eigenvalue weighted by molar-refractivity contribution is 5.68. The van der Waals surface area contributed by atoms with Gasteiger partial charge in [0.25, 0.3) is 0 Å². The second-order valence-corrected chi connectivity index (χ2v) is 5.36. The van der Waals surface area contributed by atoms with Crippen LogP contribution >= 0.6 is 0 Å². The van der Waals surface area contributed by atoms with E-state index in [0.29, 0.717) is 11.5 Å². The lowest BCUT2D eigenvalue weighted by Crippen LogP contribution is -2.06. The first kappa shape index (κ1) is 15.6. The molecule has 112 valence electrons. The van der Waals surface area contributed by atoms with Crippen LogP contribution in [-0.4, -0.2) is 0 Å². The van der Waals surface area contributed by atoms with Crippen molar-refractivity contribution in [3.05, 3.63) is 59.7 Å². The van der Waals surface area contributed by atoms with Crippen LogP contribution in [0.5, 0.6) is 0 Å². The van der Waals surface area contributed by atoms with E-state index in [1.807, 2.05) is 12.1 Å². The van der Waals surface area contributed by atoms with Crippen LogP contribution in [0.4, 0.5) is 13.2 Å². The Balaban J connectivity index is 2.36. The van der Waals surface area contributed by atoms with Gasteiger partial charge in [-0.05, 0) is 35.1 Å². The highest BCUT2D eigenvalue weighted by Gasteiger charge is 2.33. The topological polar surface area (TPSA) is 0 Å². The standard InChI is InChI=1S/C18H19F3/c1-3-6-13(2)14-9-11-15(12-10-14)16-7-4-5-8-17(16)18(19,20)21/h4-5,7-13H,3,6H2,1-2H3. The summed E-state index contributed by atoms with van der Waals surface area (Å²) in [7, 11) is 0. The molecule has 2 aromatic carbocycles. The van der Waals surface area contributed by atoms with Gasteiger partial charge in [-0.1, -0.05) is 62.7 Å². The minimum atomic E-state index is -4.33. The Morgan fingerprint density at radius 2 is 1.57 bits per heavy atom. The first-order valence-electron chi connectivity index (χ1n) is 7.20. The highest BCUT2D eigenvalue weighted by atomic mass is 19.4. The third kappa shape index (κ3) is 3.66. The zero-order chi connectivity index (χ0) is 15.5. The first-order valence-corrected chi connectivity index (χ1v) is 7.20. The largest absolute Gasteiger partial charge is 0.417 e. The Morgan fingerprint density at radius 1 is 0.952 bits per heavy atom. The van der Waals surface area contributed by atoms with Gasteiger partial charge in [-0.2, -0.15) is 13.2 Å². The van der Waals surface area contributed by atoms with E-state index in [2.05, 4.69) is 13.8 Å².